The number of ether oxygens (including phenoxy) is 1. The molecule has 0 radical (unpaired) electrons. The first-order chi connectivity index (χ1) is 13.5. The Morgan fingerprint density at radius 3 is 2.71 bits per heavy atom. The van der Waals surface area contributed by atoms with E-state index in [1.165, 1.54) is 18.3 Å². The molecule has 9 heteroatoms. The van der Waals surface area contributed by atoms with E-state index in [0.29, 0.717) is 24.6 Å². The Morgan fingerprint density at radius 1 is 1.21 bits per heavy atom. The topological polar surface area (TPSA) is 72.8 Å². The van der Waals surface area contributed by atoms with Crippen LogP contribution in [0.15, 0.2) is 23.1 Å². The van der Waals surface area contributed by atoms with Crippen LogP contribution < -0.4 is 5.56 Å². The molecule has 3 heterocycles. The van der Waals surface area contributed by atoms with Gasteiger partial charge in [0.15, 0.2) is 5.65 Å². The summed E-state index contributed by atoms with van der Waals surface area (Å²) in [5.41, 5.74) is -0.547. The third-order valence-corrected chi connectivity index (χ3v) is 5.35. The van der Waals surface area contributed by atoms with Gasteiger partial charge in [-0.3, -0.25) is 4.79 Å². The number of hydrogen-bond donors (Lipinski definition) is 1. The molecule has 1 aliphatic heterocycles. The quantitative estimate of drug-likeness (QED) is 0.739. The number of benzene rings is 1. The molecule has 1 aliphatic carbocycles. The largest absolute Gasteiger partial charge is 0.381 e. The smallest absolute Gasteiger partial charge is 0.266 e. The van der Waals surface area contributed by atoms with Gasteiger partial charge in [-0.05, 0) is 42.9 Å². The lowest BCUT2D eigenvalue weighted by Crippen LogP contribution is -2.14. The fourth-order valence-corrected chi connectivity index (χ4v) is 3.69. The van der Waals surface area contributed by atoms with Crippen LogP contribution in [0.25, 0.3) is 16.7 Å². The summed E-state index contributed by atoms with van der Waals surface area (Å²) in [4.78, 5) is 19.5. The molecule has 146 valence electrons. The maximum atomic E-state index is 14.8. The molecule has 0 amide bonds. The second-order valence-electron chi connectivity index (χ2n) is 7.34. The number of nitrogens with zero attached hydrogens (tertiary/aromatic N) is 3. The maximum Gasteiger partial charge on any atom is 0.266 e. The second kappa shape index (κ2) is 6.44. The van der Waals surface area contributed by atoms with E-state index in [0.717, 1.165) is 23.9 Å². The van der Waals surface area contributed by atoms with Crippen LogP contribution in [0.5, 0.6) is 0 Å². The first kappa shape index (κ1) is 17.4. The number of halogens is 3. The molecule has 1 aromatic carbocycles. The Morgan fingerprint density at radius 2 is 2.04 bits per heavy atom. The lowest BCUT2D eigenvalue weighted by atomic mass is 10.0. The molecule has 1 saturated carbocycles. The van der Waals surface area contributed by atoms with Crippen LogP contribution in [0.2, 0.25) is 0 Å². The minimum Gasteiger partial charge on any atom is -0.381 e. The molecule has 1 saturated heterocycles. The highest BCUT2D eigenvalue weighted by molar-refractivity contribution is 5.73. The van der Waals surface area contributed by atoms with Crippen molar-refractivity contribution in [2.45, 2.75) is 37.5 Å². The van der Waals surface area contributed by atoms with E-state index in [2.05, 4.69) is 15.1 Å². The van der Waals surface area contributed by atoms with Gasteiger partial charge in [0.05, 0.1) is 6.61 Å². The van der Waals surface area contributed by atoms with Crippen molar-refractivity contribution in [3.8, 4) is 5.69 Å². The van der Waals surface area contributed by atoms with Crippen LogP contribution in [0, 0.1) is 5.82 Å². The molecule has 2 fully saturated rings. The van der Waals surface area contributed by atoms with Crippen LogP contribution in [0.3, 0.4) is 0 Å². The van der Waals surface area contributed by atoms with Crippen molar-refractivity contribution in [3.05, 3.63) is 51.5 Å². The number of H-pyrrole nitrogens is 1. The van der Waals surface area contributed by atoms with E-state index in [9.17, 15) is 18.0 Å². The van der Waals surface area contributed by atoms with Gasteiger partial charge in [-0.2, -0.15) is 0 Å². The average molecular weight is 390 g/mol. The van der Waals surface area contributed by atoms with Gasteiger partial charge < -0.3 is 9.72 Å². The molecule has 28 heavy (non-hydrogen) atoms. The van der Waals surface area contributed by atoms with Crippen LogP contribution >= 0.6 is 0 Å². The van der Waals surface area contributed by atoms with Crippen LogP contribution in [-0.4, -0.2) is 33.0 Å². The van der Waals surface area contributed by atoms with Gasteiger partial charge in [0.2, 0.25) is 0 Å². The summed E-state index contributed by atoms with van der Waals surface area (Å²) in [6.07, 6.45) is 0.854. The van der Waals surface area contributed by atoms with Crippen molar-refractivity contribution in [2.75, 3.05) is 13.2 Å². The maximum absolute atomic E-state index is 14.8. The van der Waals surface area contributed by atoms with Gasteiger partial charge in [0, 0.05) is 24.3 Å². The van der Waals surface area contributed by atoms with Crippen molar-refractivity contribution in [2.24, 2.45) is 0 Å². The molecule has 0 spiro atoms. The Bertz CT molecular complexity index is 1110. The summed E-state index contributed by atoms with van der Waals surface area (Å²) >= 11 is 0. The van der Waals surface area contributed by atoms with Gasteiger partial charge in [0.25, 0.3) is 12.0 Å². The highest BCUT2D eigenvalue weighted by Crippen LogP contribution is 2.42. The summed E-state index contributed by atoms with van der Waals surface area (Å²) in [5, 5.41) is 4.26. The number of aromatic nitrogens is 4. The monoisotopic (exact) mass is 390 g/mol. The zero-order chi connectivity index (χ0) is 19.4. The minimum absolute atomic E-state index is 0.0477. The lowest BCUT2D eigenvalue weighted by Gasteiger charge is -2.12. The molecule has 3 aromatic rings. The molecule has 1 unspecified atom stereocenters. The van der Waals surface area contributed by atoms with Crippen molar-refractivity contribution >= 4 is 11.0 Å². The molecule has 1 N–H and O–H groups in total. The van der Waals surface area contributed by atoms with Crippen molar-refractivity contribution < 1.29 is 17.9 Å². The van der Waals surface area contributed by atoms with Crippen molar-refractivity contribution in [1.82, 2.24) is 19.7 Å². The lowest BCUT2D eigenvalue weighted by molar-refractivity contribution is 0.150. The van der Waals surface area contributed by atoms with Gasteiger partial charge in [-0.1, -0.05) is 0 Å². The zero-order valence-corrected chi connectivity index (χ0v) is 14.8. The molecule has 6 nitrogen and oxygen atoms in total. The fourth-order valence-electron chi connectivity index (χ4n) is 3.69. The number of nitrogens with one attached hydrogen (secondary N) is 1. The number of rotatable bonds is 4. The first-order valence-electron chi connectivity index (χ1n) is 9.20. The summed E-state index contributed by atoms with van der Waals surface area (Å²) in [7, 11) is 0. The number of alkyl halides is 2. The Balaban J connectivity index is 1.65. The zero-order valence-electron chi connectivity index (χ0n) is 14.8. The Hall–Kier alpha value is -2.68. The van der Waals surface area contributed by atoms with Crippen LogP contribution in [0.1, 0.15) is 54.5 Å². The van der Waals surface area contributed by atoms with E-state index in [-0.39, 0.29) is 28.6 Å². The highest BCUT2D eigenvalue weighted by Gasteiger charge is 2.29. The van der Waals surface area contributed by atoms with Gasteiger partial charge in [0.1, 0.15) is 22.7 Å². The van der Waals surface area contributed by atoms with Gasteiger partial charge in [-0.15, -0.1) is 5.10 Å². The van der Waals surface area contributed by atoms with E-state index < -0.39 is 23.4 Å². The molecular weight excluding hydrogens is 373 g/mol. The van der Waals surface area contributed by atoms with Gasteiger partial charge in [-0.25, -0.2) is 22.8 Å². The molecule has 5 rings (SSSR count). The third-order valence-electron chi connectivity index (χ3n) is 5.35. The summed E-state index contributed by atoms with van der Waals surface area (Å²) in [6, 6.07) is 2.62. The van der Waals surface area contributed by atoms with Crippen LogP contribution in [0.4, 0.5) is 13.2 Å². The van der Waals surface area contributed by atoms with E-state index in [1.807, 2.05) is 0 Å². The Kier molecular flexibility index (Phi) is 4.01. The van der Waals surface area contributed by atoms with Crippen LogP contribution in [-0.2, 0) is 4.74 Å². The highest BCUT2D eigenvalue weighted by atomic mass is 19.3. The minimum atomic E-state index is -2.87. The molecule has 1 atom stereocenters. The molecule has 0 bridgehead atoms. The summed E-state index contributed by atoms with van der Waals surface area (Å²) < 4.78 is 48.4. The number of aromatic amines is 1. The predicted octanol–water partition coefficient (Wildman–Crippen LogP) is 3.57. The standard InChI is InChI=1S/C19H17F3N4O2/c20-14-6-11(9-1-2-9)5-12(16(21)22)15(14)26-7-13-18(25-26)23-17(24-19(13)27)10-3-4-28-8-10/h5-7,9-10,16H,1-4,8H2,(H,23,24,25,27). The molecular formula is C19H17F3N4O2. The summed E-state index contributed by atoms with van der Waals surface area (Å²) in [6.45, 7) is 1.03. The van der Waals surface area contributed by atoms with Gasteiger partial charge >= 0.3 is 0 Å². The Labute approximate surface area is 157 Å². The SMILES string of the molecule is O=c1[nH]c(C2CCOC2)nc2nn(-c3c(F)cc(C4CC4)cc3C(F)F)cc12. The molecule has 2 aromatic heterocycles. The van der Waals surface area contributed by atoms with E-state index in [1.54, 1.807) is 0 Å². The molecule has 2 aliphatic rings. The summed E-state index contributed by atoms with van der Waals surface area (Å²) in [5.74, 6) is -0.251. The first-order valence-corrected chi connectivity index (χ1v) is 9.20. The third kappa shape index (κ3) is 2.90. The number of fused-ring (bicyclic) bond motifs is 1. The van der Waals surface area contributed by atoms with Crippen molar-refractivity contribution in [1.29, 1.82) is 0 Å². The fraction of sp³-hybridized carbons (Fsp3) is 0.421. The predicted molar refractivity (Wildman–Crippen MR) is 94.6 cm³/mol. The second-order valence-corrected chi connectivity index (χ2v) is 7.34. The average Bonchev–Trinajstić information content (AvgIpc) is 3.19. The van der Waals surface area contributed by atoms with Crippen molar-refractivity contribution in [3.63, 3.8) is 0 Å². The number of hydrogen-bond acceptors (Lipinski definition) is 4. The van der Waals surface area contributed by atoms with E-state index >= 15 is 0 Å². The van der Waals surface area contributed by atoms with E-state index in [4.69, 9.17) is 4.74 Å². The normalized spacial score (nSPS) is 19.8.